The van der Waals surface area contributed by atoms with E-state index >= 15 is 0 Å². The molecule has 0 fully saturated rings. The van der Waals surface area contributed by atoms with Gasteiger partial charge in [-0.1, -0.05) is 6.07 Å². The van der Waals surface area contributed by atoms with Gasteiger partial charge in [-0.25, -0.2) is 13.1 Å². The summed E-state index contributed by atoms with van der Waals surface area (Å²) in [7, 11) is -3.48. The smallest absolute Gasteiger partial charge is 0.303 e. The van der Waals surface area contributed by atoms with Crippen LogP contribution in [0.4, 0.5) is 0 Å². The lowest BCUT2D eigenvalue weighted by Gasteiger charge is -2.13. The van der Waals surface area contributed by atoms with Crippen molar-refractivity contribution in [3.05, 3.63) is 30.1 Å². The maximum absolute atomic E-state index is 11.7. The molecule has 1 atom stereocenters. The fourth-order valence-corrected chi connectivity index (χ4v) is 2.74. The van der Waals surface area contributed by atoms with Gasteiger partial charge in [-0.3, -0.25) is 9.78 Å². The molecule has 0 bridgehead atoms. The lowest BCUT2D eigenvalue weighted by Crippen LogP contribution is -2.29. The van der Waals surface area contributed by atoms with E-state index in [1.165, 1.54) is 0 Å². The van der Waals surface area contributed by atoms with E-state index in [0.29, 0.717) is 5.69 Å². The van der Waals surface area contributed by atoms with Gasteiger partial charge in [0.1, 0.15) is 0 Å². The summed E-state index contributed by atoms with van der Waals surface area (Å²) in [5.74, 6) is -1.20. The zero-order valence-electron chi connectivity index (χ0n) is 10.0. The maximum Gasteiger partial charge on any atom is 0.303 e. The number of carboxylic acids is 1. The van der Waals surface area contributed by atoms with Crippen LogP contribution in [-0.4, -0.2) is 30.2 Å². The Morgan fingerprint density at radius 1 is 1.50 bits per heavy atom. The third-order valence-corrected chi connectivity index (χ3v) is 3.83. The highest BCUT2D eigenvalue weighted by Gasteiger charge is 2.16. The van der Waals surface area contributed by atoms with Crippen molar-refractivity contribution in [2.45, 2.75) is 25.8 Å². The molecule has 0 radical (unpaired) electrons. The molecule has 1 aromatic heterocycles. The van der Waals surface area contributed by atoms with Crippen LogP contribution in [0.25, 0.3) is 0 Å². The SMILES string of the molecule is CC(NS(=O)(=O)CCCC(=O)O)c1ccccn1. The Hall–Kier alpha value is -1.47. The normalized spacial score (nSPS) is 13.2. The molecule has 0 saturated heterocycles. The molecule has 1 unspecified atom stereocenters. The summed E-state index contributed by atoms with van der Waals surface area (Å²) >= 11 is 0. The van der Waals surface area contributed by atoms with Crippen molar-refractivity contribution >= 4 is 16.0 Å². The molecule has 0 aliphatic rings. The second kappa shape index (κ2) is 6.46. The van der Waals surface area contributed by atoms with Crippen LogP contribution < -0.4 is 4.72 Å². The van der Waals surface area contributed by atoms with Gasteiger partial charge in [-0.05, 0) is 25.5 Å². The quantitative estimate of drug-likeness (QED) is 0.769. The number of carbonyl (C=O) groups is 1. The summed E-state index contributed by atoms with van der Waals surface area (Å²) in [5, 5.41) is 8.44. The van der Waals surface area contributed by atoms with Gasteiger partial charge in [0.2, 0.25) is 10.0 Å². The number of rotatable bonds is 7. The van der Waals surface area contributed by atoms with Gasteiger partial charge in [0, 0.05) is 12.6 Å². The van der Waals surface area contributed by atoms with Crippen molar-refractivity contribution < 1.29 is 18.3 Å². The molecule has 0 aliphatic heterocycles. The standard InChI is InChI=1S/C11H16N2O4S/c1-9(10-5-2-3-7-12-10)13-18(16,17)8-4-6-11(14)15/h2-3,5,7,9,13H,4,6,8H2,1H3,(H,14,15). The zero-order valence-corrected chi connectivity index (χ0v) is 10.9. The fraction of sp³-hybridized carbons (Fsp3) is 0.455. The summed E-state index contributed by atoms with van der Waals surface area (Å²) in [6.45, 7) is 1.69. The lowest BCUT2D eigenvalue weighted by atomic mass is 10.2. The van der Waals surface area contributed by atoms with Gasteiger partial charge in [0.25, 0.3) is 0 Å². The van der Waals surface area contributed by atoms with Crippen molar-refractivity contribution in [2.24, 2.45) is 0 Å². The fourth-order valence-electron chi connectivity index (χ4n) is 1.43. The Morgan fingerprint density at radius 3 is 2.78 bits per heavy atom. The molecular weight excluding hydrogens is 256 g/mol. The molecule has 100 valence electrons. The second-order valence-corrected chi connectivity index (χ2v) is 5.78. The van der Waals surface area contributed by atoms with Crippen LogP contribution in [0.5, 0.6) is 0 Å². The Labute approximate surface area is 106 Å². The van der Waals surface area contributed by atoms with Crippen LogP contribution in [-0.2, 0) is 14.8 Å². The Morgan fingerprint density at radius 2 is 2.22 bits per heavy atom. The van der Waals surface area contributed by atoms with Crippen LogP contribution in [0.2, 0.25) is 0 Å². The molecular formula is C11H16N2O4S. The molecule has 2 N–H and O–H groups in total. The van der Waals surface area contributed by atoms with Crippen molar-refractivity contribution in [3.8, 4) is 0 Å². The Kier molecular flexibility index (Phi) is 5.24. The number of aromatic nitrogens is 1. The van der Waals surface area contributed by atoms with Crippen LogP contribution in [0.15, 0.2) is 24.4 Å². The van der Waals surface area contributed by atoms with Gasteiger partial charge in [0.15, 0.2) is 0 Å². The van der Waals surface area contributed by atoms with Crippen LogP contribution in [0, 0.1) is 0 Å². The van der Waals surface area contributed by atoms with Crippen molar-refractivity contribution in [3.63, 3.8) is 0 Å². The van der Waals surface area contributed by atoms with Crippen molar-refractivity contribution in [2.75, 3.05) is 5.75 Å². The Bertz CT molecular complexity index is 487. The number of hydrogen-bond acceptors (Lipinski definition) is 4. The van der Waals surface area contributed by atoms with Crippen molar-refractivity contribution in [1.29, 1.82) is 0 Å². The predicted molar refractivity (Wildman–Crippen MR) is 66.4 cm³/mol. The second-order valence-electron chi connectivity index (χ2n) is 3.91. The first-order chi connectivity index (χ1) is 8.41. The van der Waals surface area contributed by atoms with E-state index in [1.807, 2.05) is 0 Å². The Balaban J connectivity index is 2.53. The topological polar surface area (TPSA) is 96.4 Å². The number of hydrogen-bond donors (Lipinski definition) is 2. The lowest BCUT2D eigenvalue weighted by molar-refractivity contribution is -0.137. The largest absolute Gasteiger partial charge is 0.481 e. The van der Waals surface area contributed by atoms with E-state index < -0.39 is 22.0 Å². The van der Waals surface area contributed by atoms with Crippen LogP contribution in [0.3, 0.4) is 0 Å². The van der Waals surface area contributed by atoms with E-state index in [-0.39, 0.29) is 18.6 Å². The molecule has 0 saturated carbocycles. The zero-order chi connectivity index (χ0) is 13.6. The van der Waals surface area contributed by atoms with E-state index in [1.54, 1.807) is 31.3 Å². The van der Waals surface area contributed by atoms with Gasteiger partial charge in [0.05, 0.1) is 17.5 Å². The van der Waals surface area contributed by atoms with Crippen LogP contribution >= 0.6 is 0 Å². The molecule has 0 amide bonds. The summed E-state index contributed by atoms with van der Waals surface area (Å²) < 4.78 is 25.8. The number of pyridine rings is 1. The number of nitrogens with one attached hydrogen (secondary N) is 1. The maximum atomic E-state index is 11.7. The highest BCUT2D eigenvalue weighted by atomic mass is 32.2. The molecule has 0 aromatic carbocycles. The van der Waals surface area contributed by atoms with Gasteiger partial charge >= 0.3 is 5.97 Å². The number of aliphatic carboxylic acids is 1. The molecule has 1 aromatic rings. The van der Waals surface area contributed by atoms with E-state index in [0.717, 1.165) is 0 Å². The average molecular weight is 272 g/mol. The average Bonchev–Trinajstić information content (AvgIpc) is 2.28. The minimum Gasteiger partial charge on any atom is -0.481 e. The molecule has 1 rings (SSSR count). The number of sulfonamides is 1. The minimum atomic E-state index is -3.48. The highest BCUT2D eigenvalue weighted by Crippen LogP contribution is 2.10. The van der Waals surface area contributed by atoms with Gasteiger partial charge in [-0.15, -0.1) is 0 Å². The molecule has 0 spiro atoms. The highest BCUT2D eigenvalue weighted by molar-refractivity contribution is 7.89. The third-order valence-electron chi connectivity index (χ3n) is 2.29. The first-order valence-electron chi connectivity index (χ1n) is 5.53. The van der Waals surface area contributed by atoms with E-state index in [4.69, 9.17) is 5.11 Å². The first kappa shape index (κ1) is 14.6. The molecule has 6 nitrogen and oxygen atoms in total. The molecule has 0 aliphatic carbocycles. The molecule has 7 heteroatoms. The monoisotopic (exact) mass is 272 g/mol. The summed E-state index contributed by atoms with van der Waals surface area (Å²) in [6, 6.07) is 4.82. The van der Waals surface area contributed by atoms with E-state index in [9.17, 15) is 13.2 Å². The number of carboxylic acid groups (broad SMARTS) is 1. The first-order valence-corrected chi connectivity index (χ1v) is 7.18. The van der Waals surface area contributed by atoms with E-state index in [2.05, 4.69) is 9.71 Å². The summed E-state index contributed by atoms with van der Waals surface area (Å²) in [6.07, 6.45) is 1.53. The van der Waals surface area contributed by atoms with Crippen molar-refractivity contribution in [1.82, 2.24) is 9.71 Å². The van der Waals surface area contributed by atoms with Crippen LogP contribution in [0.1, 0.15) is 31.5 Å². The molecule has 18 heavy (non-hydrogen) atoms. The minimum absolute atomic E-state index is 0.0968. The predicted octanol–water partition coefficient (Wildman–Crippen LogP) is 0.927. The number of nitrogens with zero attached hydrogens (tertiary/aromatic N) is 1. The van der Waals surface area contributed by atoms with Gasteiger partial charge < -0.3 is 5.11 Å². The third kappa shape index (κ3) is 5.24. The summed E-state index contributed by atoms with van der Waals surface area (Å²) in [5.41, 5.74) is 0.624. The summed E-state index contributed by atoms with van der Waals surface area (Å²) in [4.78, 5) is 14.4. The van der Waals surface area contributed by atoms with Gasteiger partial charge in [-0.2, -0.15) is 0 Å². The molecule has 1 heterocycles.